The van der Waals surface area contributed by atoms with Gasteiger partial charge in [-0.2, -0.15) is 0 Å². The fourth-order valence-corrected chi connectivity index (χ4v) is 1.67. The Balaban J connectivity index is 2.39. The summed E-state index contributed by atoms with van der Waals surface area (Å²) in [4.78, 5) is 24.3. The quantitative estimate of drug-likeness (QED) is 0.752. The van der Waals surface area contributed by atoms with Gasteiger partial charge in [0.2, 0.25) is 0 Å². The first kappa shape index (κ1) is 9.05. The predicted molar refractivity (Wildman–Crippen MR) is 47.2 cm³/mol. The third-order valence-corrected chi connectivity index (χ3v) is 2.50. The molecule has 76 valence electrons. The van der Waals surface area contributed by atoms with Gasteiger partial charge in [-0.05, 0) is 25.7 Å². The van der Waals surface area contributed by atoms with Gasteiger partial charge in [-0.15, -0.1) is 0 Å². The number of carboxylic acid groups (broad SMARTS) is 1. The highest BCUT2D eigenvalue weighted by Crippen LogP contribution is 2.43. The minimum atomic E-state index is -0.918. The maximum Gasteiger partial charge on any atom is 0.416 e. The van der Waals surface area contributed by atoms with Crippen molar-refractivity contribution in [2.75, 3.05) is 0 Å². The van der Waals surface area contributed by atoms with E-state index in [1.807, 2.05) is 0 Å². The zero-order valence-electron chi connectivity index (χ0n) is 7.74. The molecule has 0 saturated heterocycles. The molecule has 1 heterocycles. The Hall–Kier alpha value is -1.52. The predicted octanol–water partition coefficient (Wildman–Crippen LogP) is 0.855. The molecule has 14 heavy (non-hydrogen) atoms. The van der Waals surface area contributed by atoms with Crippen LogP contribution in [-0.2, 0) is 4.79 Å². The van der Waals surface area contributed by atoms with Gasteiger partial charge in [0.15, 0.2) is 0 Å². The smallest absolute Gasteiger partial charge is 0.416 e. The van der Waals surface area contributed by atoms with Crippen molar-refractivity contribution >= 4 is 5.97 Å². The number of carboxylic acids is 1. The van der Waals surface area contributed by atoms with Crippen LogP contribution in [-0.4, -0.2) is 16.1 Å². The van der Waals surface area contributed by atoms with Gasteiger partial charge in [0.25, 0.3) is 0 Å². The summed E-state index contributed by atoms with van der Waals surface area (Å²) in [7, 11) is 0. The molecular formula is C9H11NO4. The average Bonchev–Trinajstić information content (AvgIpc) is 2.81. The Morgan fingerprint density at radius 2 is 2.29 bits per heavy atom. The molecule has 0 spiro atoms. The second kappa shape index (κ2) is 3.01. The Labute approximate surface area is 79.7 Å². The van der Waals surface area contributed by atoms with Gasteiger partial charge >= 0.3 is 11.7 Å². The number of H-pyrrole nitrogens is 1. The number of rotatable bonds is 3. The molecule has 2 N–H and O–H groups in total. The molecule has 0 aromatic carbocycles. The van der Waals surface area contributed by atoms with Crippen molar-refractivity contribution in [2.24, 2.45) is 5.92 Å². The lowest BCUT2D eigenvalue weighted by Gasteiger charge is -2.07. The van der Waals surface area contributed by atoms with Crippen LogP contribution >= 0.6 is 0 Å². The van der Waals surface area contributed by atoms with E-state index in [9.17, 15) is 9.59 Å². The first-order valence-electron chi connectivity index (χ1n) is 4.52. The molecule has 5 heteroatoms. The third-order valence-electron chi connectivity index (χ3n) is 2.50. The van der Waals surface area contributed by atoms with Gasteiger partial charge < -0.3 is 9.52 Å². The van der Waals surface area contributed by atoms with Crippen molar-refractivity contribution in [1.29, 1.82) is 0 Å². The minimum absolute atomic E-state index is 0.130. The van der Waals surface area contributed by atoms with Crippen molar-refractivity contribution in [3.05, 3.63) is 22.0 Å². The zero-order chi connectivity index (χ0) is 10.3. The van der Waals surface area contributed by atoms with Crippen molar-refractivity contribution in [3.63, 3.8) is 0 Å². The van der Waals surface area contributed by atoms with E-state index in [1.165, 1.54) is 0 Å². The molecule has 0 aliphatic heterocycles. The summed E-state index contributed by atoms with van der Waals surface area (Å²) in [5.41, 5.74) is 0.522. The summed E-state index contributed by atoms with van der Waals surface area (Å²) >= 11 is 0. The second-order valence-corrected chi connectivity index (χ2v) is 3.66. The summed E-state index contributed by atoms with van der Waals surface area (Å²) in [6.07, 6.45) is 1.79. The van der Waals surface area contributed by atoms with E-state index in [-0.39, 0.29) is 11.7 Å². The van der Waals surface area contributed by atoms with Crippen LogP contribution < -0.4 is 5.76 Å². The summed E-state index contributed by atoms with van der Waals surface area (Å²) in [5.74, 6) is -1.74. The van der Waals surface area contributed by atoms with Crippen LogP contribution in [0, 0.1) is 12.8 Å². The van der Waals surface area contributed by atoms with Gasteiger partial charge in [0.1, 0.15) is 11.7 Å². The number of aliphatic carboxylic acids is 1. The molecule has 0 bridgehead atoms. The second-order valence-electron chi connectivity index (χ2n) is 3.66. The Morgan fingerprint density at radius 1 is 1.64 bits per heavy atom. The Morgan fingerprint density at radius 3 is 2.64 bits per heavy atom. The molecule has 1 aromatic rings. The monoisotopic (exact) mass is 197 g/mol. The van der Waals surface area contributed by atoms with Crippen LogP contribution in [0.25, 0.3) is 0 Å². The number of hydrogen-bond acceptors (Lipinski definition) is 3. The number of carbonyl (C=O) groups is 1. The fourth-order valence-electron chi connectivity index (χ4n) is 1.67. The number of aryl methyl sites for hydroxylation is 1. The van der Waals surface area contributed by atoms with E-state index in [0.29, 0.717) is 5.69 Å². The van der Waals surface area contributed by atoms with E-state index in [1.54, 1.807) is 6.92 Å². The molecule has 1 saturated carbocycles. The van der Waals surface area contributed by atoms with Crippen LogP contribution in [0.4, 0.5) is 0 Å². The third kappa shape index (κ3) is 1.45. The van der Waals surface area contributed by atoms with E-state index in [2.05, 4.69) is 4.98 Å². The maximum absolute atomic E-state index is 11.0. The first-order valence-corrected chi connectivity index (χ1v) is 4.52. The molecule has 1 atom stereocenters. The van der Waals surface area contributed by atoms with Gasteiger partial charge in [-0.1, -0.05) is 0 Å². The highest BCUT2D eigenvalue weighted by atomic mass is 16.4. The maximum atomic E-state index is 11.0. The highest BCUT2D eigenvalue weighted by Gasteiger charge is 2.40. The topological polar surface area (TPSA) is 83.3 Å². The molecule has 1 aromatic heterocycles. The van der Waals surface area contributed by atoms with Gasteiger partial charge in [0.05, 0.1) is 5.69 Å². The fraction of sp³-hybridized carbons (Fsp3) is 0.556. The Bertz CT molecular complexity index is 413. The lowest BCUT2D eigenvalue weighted by molar-refractivity contribution is -0.139. The number of nitrogens with one attached hydrogen (secondary N) is 1. The summed E-state index contributed by atoms with van der Waals surface area (Å²) in [6.45, 7) is 1.65. The zero-order valence-corrected chi connectivity index (χ0v) is 7.74. The largest absolute Gasteiger partial charge is 0.481 e. The number of hydrogen-bond donors (Lipinski definition) is 2. The summed E-state index contributed by atoms with van der Waals surface area (Å²) in [5, 5.41) is 8.99. The van der Waals surface area contributed by atoms with Gasteiger partial charge in [-0.3, -0.25) is 9.78 Å². The number of aromatic amines is 1. The van der Waals surface area contributed by atoms with Crippen molar-refractivity contribution in [3.8, 4) is 0 Å². The SMILES string of the molecule is Cc1[nH]c(=O)oc1C(C(=O)O)C1CC1. The molecule has 0 radical (unpaired) electrons. The van der Waals surface area contributed by atoms with E-state index in [4.69, 9.17) is 9.52 Å². The van der Waals surface area contributed by atoms with Crippen LogP contribution in [0.15, 0.2) is 9.21 Å². The summed E-state index contributed by atoms with van der Waals surface area (Å²) < 4.78 is 4.85. The van der Waals surface area contributed by atoms with Crippen molar-refractivity contribution in [2.45, 2.75) is 25.7 Å². The highest BCUT2D eigenvalue weighted by molar-refractivity contribution is 5.76. The molecular weight excluding hydrogens is 186 g/mol. The minimum Gasteiger partial charge on any atom is -0.481 e. The lowest BCUT2D eigenvalue weighted by Crippen LogP contribution is -2.14. The molecule has 1 unspecified atom stereocenters. The molecule has 0 amide bonds. The molecule has 1 aliphatic carbocycles. The van der Waals surface area contributed by atoms with Crippen LogP contribution in [0.1, 0.15) is 30.2 Å². The normalized spacial score (nSPS) is 18.1. The molecule has 5 nitrogen and oxygen atoms in total. The standard InChI is InChI=1S/C9H11NO4/c1-4-7(14-9(13)10-4)6(8(11)12)5-2-3-5/h5-6H,2-3H2,1H3,(H,10,13)(H,11,12). The van der Waals surface area contributed by atoms with Crippen molar-refractivity contribution in [1.82, 2.24) is 4.98 Å². The van der Waals surface area contributed by atoms with Crippen LogP contribution in [0.5, 0.6) is 0 Å². The van der Waals surface area contributed by atoms with Crippen LogP contribution in [0.2, 0.25) is 0 Å². The number of oxazole rings is 1. The van der Waals surface area contributed by atoms with E-state index < -0.39 is 17.6 Å². The molecule has 1 aliphatic rings. The Kier molecular flexibility index (Phi) is 1.94. The number of aromatic nitrogens is 1. The lowest BCUT2D eigenvalue weighted by atomic mass is 10.00. The summed E-state index contributed by atoms with van der Waals surface area (Å²) in [6, 6.07) is 0. The molecule has 2 rings (SSSR count). The van der Waals surface area contributed by atoms with E-state index in [0.717, 1.165) is 12.8 Å². The van der Waals surface area contributed by atoms with Crippen LogP contribution in [0.3, 0.4) is 0 Å². The van der Waals surface area contributed by atoms with Gasteiger partial charge in [-0.25, -0.2) is 4.79 Å². The average molecular weight is 197 g/mol. The molecule has 1 fully saturated rings. The first-order chi connectivity index (χ1) is 6.59. The van der Waals surface area contributed by atoms with Gasteiger partial charge in [0, 0.05) is 0 Å². The van der Waals surface area contributed by atoms with E-state index >= 15 is 0 Å². The van der Waals surface area contributed by atoms with Crippen molar-refractivity contribution < 1.29 is 14.3 Å².